The third-order valence-corrected chi connectivity index (χ3v) is 15.2. The van der Waals surface area contributed by atoms with Gasteiger partial charge >= 0.3 is 11.9 Å². The Kier molecular flexibility index (Phi) is 8.19. The normalized spacial score (nSPS) is 39.0. The molecule has 3 unspecified atom stereocenters. The summed E-state index contributed by atoms with van der Waals surface area (Å²) in [7, 11) is 4.80. The van der Waals surface area contributed by atoms with Crippen molar-refractivity contribution in [2.24, 2.45) is 11.3 Å². The number of carbonyl (C=O) groups excluding carboxylic acids is 1. The number of anilines is 1. The number of rotatable bonds is 6. The number of carbonyl (C=O) groups is 2. The number of aliphatic hydroxyl groups excluding tert-OH is 1. The molecule has 10 atom stereocenters. The molecular formula is C43H54N4O8. The molecule has 0 amide bonds. The first-order valence-electron chi connectivity index (χ1n) is 19.9. The monoisotopic (exact) mass is 754 g/mol. The van der Waals surface area contributed by atoms with Crippen LogP contribution in [0.15, 0.2) is 48.6 Å². The number of hydrogen-bond acceptors (Lipinski definition) is 10. The van der Waals surface area contributed by atoms with Crippen LogP contribution in [0, 0.1) is 11.3 Å². The highest BCUT2D eigenvalue weighted by Crippen LogP contribution is 2.67. The molecule has 6 aliphatic rings. The zero-order valence-corrected chi connectivity index (χ0v) is 32.5. The molecule has 3 fully saturated rings. The fraction of sp³-hybridized carbons (Fsp3) is 0.581. The molecule has 5 N–H and O–H groups in total. The van der Waals surface area contributed by atoms with Crippen LogP contribution in [0.4, 0.5) is 5.69 Å². The van der Waals surface area contributed by atoms with Crippen LogP contribution >= 0.6 is 0 Å². The van der Waals surface area contributed by atoms with Gasteiger partial charge in [0.2, 0.25) is 5.60 Å². The summed E-state index contributed by atoms with van der Waals surface area (Å²) in [5, 5.41) is 48.7. The Morgan fingerprint density at radius 1 is 1.02 bits per heavy atom. The van der Waals surface area contributed by atoms with E-state index in [1.807, 2.05) is 55.2 Å². The van der Waals surface area contributed by atoms with E-state index in [2.05, 4.69) is 26.9 Å². The highest BCUT2D eigenvalue weighted by Gasteiger charge is 2.79. The lowest BCUT2D eigenvalue weighted by molar-refractivity contribution is -0.215. The van der Waals surface area contributed by atoms with Gasteiger partial charge in [-0.15, -0.1) is 0 Å². The number of aliphatic carboxylic acids is 1. The lowest BCUT2D eigenvalue weighted by Gasteiger charge is -2.62. The van der Waals surface area contributed by atoms with Crippen molar-refractivity contribution in [3.05, 3.63) is 70.9 Å². The van der Waals surface area contributed by atoms with Crippen molar-refractivity contribution in [1.82, 2.24) is 14.8 Å². The van der Waals surface area contributed by atoms with E-state index in [9.17, 15) is 25.2 Å². The van der Waals surface area contributed by atoms with Crippen LogP contribution in [0.25, 0.3) is 10.9 Å². The van der Waals surface area contributed by atoms with E-state index < -0.39 is 51.5 Å². The summed E-state index contributed by atoms with van der Waals surface area (Å²) in [6.45, 7) is 7.23. The minimum atomic E-state index is -2.52. The molecule has 2 bridgehead atoms. The Hall–Kier alpha value is -3.94. The minimum Gasteiger partial charge on any atom is -0.496 e. The average molecular weight is 755 g/mol. The van der Waals surface area contributed by atoms with Crippen LogP contribution in [0.1, 0.15) is 68.3 Å². The Morgan fingerprint density at radius 3 is 2.51 bits per heavy atom. The molecule has 1 aliphatic carbocycles. The molecule has 55 heavy (non-hydrogen) atoms. The fourth-order valence-electron chi connectivity index (χ4n) is 13.0. The zero-order chi connectivity index (χ0) is 38.9. The molecule has 9 rings (SSSR count). The number of nitrogens with zero attached hydrogens (tertiary/aromatic N) is 3. The molecule has 294 valence electrons. The molecule has 1 saturated carbocycles. The maximum absolute atomic E-state index is 15.2. The maximum Gasteiger partial charge on any atom is 0.340 e. The number of aromatic nitrogens is 1. The van der Waals surface area contributed by atoms with Gasteiger partial charge in [-0.3, -0.25) is 14.6 Å². The Labute approximate surface area is 321 Å². The summed E-state index contributed by atoms with van der Waals surface area (Å²) in [6, 6.07) is 10.7. The SMILES string of the molecule is CC[C@]1(O)CC2CN(CCc3c([nH]c4ccccc34)C(C(=O)OC)(c3cc4c(cc3OC)N(C)[C@H]3[C@@](O)(C(=O)O)[C@H](O)[C@]5(CC)C=CCN6CC[C@]43[C@@H]65)C2)C1. The van der Waals surface area contributed by atoms with E-state index in [1.165, 1.54) is 7.11 Å². The number of methoxy groups -OCH3 is 2. The first-order chi connectivity index (χ1) is 26.3. The number of ether oxygens (including phenoxy) is 2. The van der Waals surface area contributed by atoms with Crippen LogP contribution in [-0.4, -0.2) is 131 Å². The van der Waals surface area contributed by atoms with Gasteiger partial charge in [-0.25, -0.2) is 4.79 Å². The van der Waals surface area contributed by atoms with Crippen molar-refractivity contribution in [3.63, 3.8) is 0 Å². The van der Waals surface area contributed by atoms with Crippen LogP contribution in [0.2, 0.25) is 0 Å². The summed E-state index contributed by atoms with van der Waals surface area (Å²) < 4.78 is 12.2. The number of aromatic amines is 1. The number of hydrogen-bond donors (Lipinski definition) is 5. The number of carboxylic acid groups (broad SMARTS) is 1. The molecular weight excluding hydrogens is 700 g/mol. The molecule has 1 spiro atoms. The van der Waals surface area contributed by atoms with Gasteiger partial charge in [-0.1, -0.05) is 44.2 Å². The molecule has 12 heteroatoms. The highest BCUT2D eigenvalue weighted by molar-refractivity contribution is 5.94. The number of piperidine rings is 1. The highest BCUT2D eigenvalue weighted by atomic mass is 16.5. The van der Waals surface area contributed by atoms with Gasteiger partial charge in [0.05, 0.1) is 25.9 Å². The largest absolute Gasteiger partial charge is 0.496 e. The Balaban J connectivity index is 1.36. The zero-order valence-electron chi connectivity index (χ0n) is 32.5. The summed E-state index contributed by atoms with van der Waals surface area (Å²) in [4.78, 5) is 38.9. The molecule has 5 aliphatic heterocycles. The third kappa shape index (κ3) is 4.51. The van der Waals surface area contributed by atoms with E-state index in [4.69, 9.17) is 9.47 Å². The van der Waals surface area contributed by atoms with Gasteiger partial charge in [0.1, 0.15) is 17.3 Å². The second kappa shape index (κ2) is 12.3. The van der Waals surface area contributed by atoms with Crippen molar-refractivity contribution < 1.29 is 39.5 Å². The number of H-pyrrole nitrogens is 1. The van der Waals surface area contributed by atoms with Gasteiger partial charge in [0, 0.05) is 84.0 Å². The number of carboxylic acids is 1. The molecule has 0 radical (unpaired) electrons. The van der Waals surface area contributed by atoms with E-state index in [0.29, 0.717) is 88.2 Å². The minimum absolute atomic E-state index is 0.0955. The number of aliphatic hydroxyl groups is 3. The van der Waals surface area contributed by atoms with Crippen molar-refractivity contribution in [2.45, 2.75) is 92.6 Å². The van der Waals surface area contributed by atoms with Crippen LogP contribution in [0.5, 0.6) is 5.75 Å². The van der Waals surface area contributed by atoms with Gasteiger partial charge in [-0.05, 0) is 74.2 Å². The Bertz CT molecular complexity index is 2120. The second-order valence-corrected chi connectivity index (χ2v) is 17.4. The summed E-state index contributed by atoms with van der Waals surface area (Å²) >= 11 is 0. The standard InChI is InChI=1S/C43H54N4O8/c1-6-39(52)21-25-22-42(38(51)55-5,33-27(13-17-46(23-25)24-39)26-11-8-9-12-30(26)44-33)29-19-28-31(20-32(29)54-4)45(3)35-41(28)15-18-47-16-10-14-40(7-2,34(41)47)36(48)43(35,53)37(49)50/h8-12,14,19-20,25,34-36,44,48,52-53H,6-7,13,15-18,21-24H2,1-5H3,(H,49,50)/t25?,34-,35+,36+,39-,40+,41+,42?,43-/m0/s1. The van der Waals surface area contributed by atoms with Gasteiger partial charge in [0.15, 0.2) is 0 Å². The molecule has 6 heterocycles. The molecule has 1 aromatic heterocycles. The van der Waals surface area contributed by atoms with Crippen LogP contribution in [-0.2, 0) is 31.6 Å². The van der Waals surface area contributed by atoms with Crippen LogP contribution in [0.3, 0.4) is 0 Å². The van der Waals surface area contributed by atoms with E-state index in [1.54, 1.807) is 14.2 Å². The smallest absolute Gasteiger partial charge is 0.340 e. The lowest BCUT2D eigenvalue weighted by Crippen LogP contribution is -2.80. The van der Waals surface area contributed by atoms with E-state index in [-0.39, 0.29) is 12.0 Å². The topological polar surface area (TPSA) is 159 Å². The van der Waals surface area contributed by atoms with Crippen LogP contribution < -0.4 is 9.64 Å². The summed E-state index contributed by atoms with van der Waals surface area (Å²) in [5.74, 6) is -1.57. The lowest BCUT2D eigenvalue weighted by atomic mass is 9.47. The van der Waals surface area contributed by atoms with Gasteiger partial charge < -0.3 is 39.8 Å². The van der Waals surface area contributed by atoms with Crippen molar-refractivity contribution >= 4 is 28.5 Å². The van der Waals surface area contributed by atoms with Gasteiger partial charge in [0.25, 0.3) is 0 Å². The number of fused-ring (bicyclic) bond motifs is 6. The summed E-state index contributed by atoms with van der Waals surface area (Å²) in [5.41, 5.74) is -2.07. The molecule has 3 aromatic rings. The first-order valence-corrected chi connectivity index (χ1v) is 19.9. The number of nitrogens with one attached hydrogen (secondary N) is 1. The summed E-state index contributed by atoms with van der Waals surface area (Å²) in [6.07, 6.45) is 5.39. The molecule has 2 aromatic carbocycles. The average Bonchev–Trinajstić information content (AvgIpc) is 3.84. The van der Waals surface area contributed by atoms with Crippen molar-refractivity contribution in [3.8, 4) is 5.75 Å². The predicted octanol–water partition coefficient (Wildman–Crippen LogP) is 3.33. The van der Waals surface area contributed by atoms with E-state index in [0.717, 1.165) is 27.7 Å². The second-order valence-electron chi connectivity index (χ2n) is 17.4. The van der Waals surface area contributed by atoms with Gasteiger partial charge in [-0.2, -0.15) is 0 Å². The number of esters is 1. The predicted molar refractivity (Wildman–Crippen MR) is 207 cm³/mol. The van der Waals surface area contributed by atoms with Crippen molar-refractivity contribution in [1.29, 1.82) is 0 Å². The van der Waals surface area contributed by atoms with E-state index >= 15 is 4.79 Å². The maximum atomic E-state index is 15.2. The molecule has 2 saturated heterocycles. The Morgan fingerprint density at radius 2 is 1.80 bits per heavy atom. The van der Waals surface area contributed by atoms with Crippen molar-refractivity contribution in [2.75, 3.05) is 58.9 Å². The quantitative estimate of drug-likeness (QED) is 0.186. The molecule has 12 nitrogen and oxygen atoms in total. The third-order valence-electron chi connectivity index (χ3n) is 15.2. The number of likely N-dealkylation sites (N-methyl/N-ethyl adjacent to an activating group) is 1. The first kappa shape index (κ1) is 36.7. The number of para-hydroxylation sites is 1. The fourth-order valence-corrected chi connectivity index (χ4v) is 13.0. The number of benzene rings is 2.